The molecule has 0 saturated carbocycles. The van der Waals surface area contributed by atoms with Crippen molar-refractivity contribution in [3.8, 4) is 11.8 Å². The number of oxazole rings is 1. The van der Waals surface area contributed by atoms with Gasteiger partial charge in [-0.2, -0.15) is 4.98 Å². The van der Waals surface area contributed by atoms with E-state index in [2.05, 4.69) is 32.0 Å². The van der Waals surface area contributed by atoms with Crippen molar-refractivity contribution in [2.45, 2.75) is 23.8 Å². The fourth-order valence-corrected chi connectivity index (χ4v) is 4.39. The van der Waals surface area contributed by atoms with E-state index >= 15 is 0 Å². The van der Waals surface area contributed by atoms with Crippen LogP contribution in [0.15, 0.2) is 43.9 Å². The molecule has 0 atom stereocenters. The molecule has 4 aromatic rings. The van der Waals surface area contributed by atoms with E-state index in [0.717, 1.165) is 37.6 Å². The molecule has 5 rings (SSSR count). The summed E-state index contributed by atoms with van der Waals surface area (Å²) in [7, 11) is 1.70. The van der Waals surface area contributed by atoms with Crippen molar-refractivity contribution in [3.63, 3.8) is 0 Å². The van der Waals surface area contributed by atoms with E-state index in [1.807, 2.05) is 28.8 Å². The Bertz CT molecular complexity index is 1350. The second kappa shape index (κ2) is 8.09. The van der Waals surface area contributed by atoms with Gasteiger partial charge < -0.3 is 14.6 Å². The predicted octanol–water partition coefficient (Wildman–Crippen LogP) is 1.86. The number of hydrogen-bond donors (Lipinski definition) is 1. The van der Waals surface area contributed by atoms with Crippen LogP contribution < -0.4 is 15.8 Å². The number of aromatic nitrogens is 5. The fourth-order valence-electron chi connectivity index (χ4n) is 3.61. The molecule has 9 nitrogen and oxygen atoms in total. The largest absolute Gasteiger partial charge is 0.431 e. The first-order valence-electron chi connectivity index (χ1n) is 10.0. The van der Waals surface area contributed by atoms with E-state index in [0.29, 0.717) is 33.7 Å². The van der Waals surface area contributed by atoms with Gasteiger partial charge in [-0.25, -0.2) is 9.97 Å². The van der Waals surface area contributed by atoms with Crippen molar-refractivity contribution in [1.82, 2.24) is 29.4 Å². The Kier molecular flexibility index (Phi) is 5.13. The highest BCUT2D eigenvalue weighted by Crippen LogP contribution is 2.29. The third kappa shape index (κ3) is 3.56. The second-order valence-electron chi connectivity index (χ2n) is 7.14. The summed E-state index contributed by atoms with van der Waals surface area (Å²) in [5.74, 6) is 6.70. The molecule has 10 heteroatoms. The minimum absolute atomic E-state index is 0.171. The highest BCUT2D eigenvalue weighted by molar-refractivity contribution is 7.99. The van der Waals surface area contributed by atoms with E-state index in [1.54, 1.807) is 14.0 Å². The molecule has 0 radical (unpaired) electrons. The molecule has 31 heavy (non-hydrogen) atoms. The fraction of sp³-hybridized carbons (Fsp3) is 0.333. The zero-order valence-electron chi connectivity index (χ0n) is 17.3. The SMILES string of the molecule is CC#CCn1c(N2CCNCC2)nc2nc(Sc3nc4ccccc4o3)n(C)c(=O)c21. The molecule has 1 fully saturated rings. The van der Waals surface area contributed by atoms with Crippen molar-refractivity contribution >= 4 is 40.0 Å². The number of fused-ring (bicyclic) bond motifs is 2. The monoisotopic (exact) mass is 435 g/mol. The molecule has 1 aliphatic heterocycles. The molecule has 158 valence electrons. The number of nitrogens with one attached hydrogen (secondary N) is 1. The Morgan fingerprint density at radius 3 is 2.77 bits per heavy atom. The summed E-state index contributed by atoms with van der Waals surface area (Å²) >= 11 is 1.21. The zero-order valence-corrected chi connectivity index (χ0v) is 18.1. The van der Waals surface area contributed by atoms with Crippen LogP contribution in [0.3, 0.4) is 0 Å². The first-order chi connectivity index (χ1) is 15.2. The molecule has 0 bridgehead atoms. The average molecular weight is 436 g/mol. The van der Waals surface area contributed by atoms with Gasteiger partial charge in [-0.05, 0) is 19.1 Å². The molecule has 3 aromatic heterocycles. The van der Waals surface area contributed by atoms with E-state index in [-0.39, 0.29) is 5.56 Å². The van der Waals surface area contributed by atoms with Crippen LogP contribution in [0.5, 0.6) is 0 Å². The maximum atomic E-state index is 13.3. The molecule has 0 spiro atoms. The number of rotatable bonds is 4. The summed E-state index contributed by atoms with van der Waals surface area (Å²) in [5.41, 5.74) is 2.16. The molecule has 0 aliphatic carbocycles. The third-order valence-corrected chi connectivity index (χ3v) is 6.09. The summed E-state index contributed by atoms with van der Waals surface area (Å²) in [6.45, 7) is 5.54. The van der Waals surface area contributed by atoms with E-state index in [9.17, 15) is 4.79 Å². The maximum absolute atomic E-state index is 13.3. The van der Waals surface area contributed by atoms with Gasteiger partial charge in [0, 0.05) is 45.0 Å². The van der Waals surface area contributed by atoms with Crippen molar-refractivity contribution in [3.05, 3.63) is 34.6 Å². The standard InChI is InChI=1S/C21H21N7O2S/c1-3-4-11-28-16-17(24-19(28)27-12-9-22-10-13-27)25-20(26(2)18(16)29)31-21-23-14-7-5-6-8-15(14)30-21/h5-8,22H,9-13H2,1-2H3. The van der Waals surface area contributed by atoms with Crippen LogP contribution in [0.1, 0.15) is 6.92 Å². The van der Waals surface area contributed by atoms with Crippen LogP contribution in [0.4, 0.5) is 5.95 Å². The summed E-state index contributed by atoms with van der Waals surface area (Å²) in [6.07, 6.45) is 0. The Morgan fingerprint density at radius 2 is 2.00 bits per heavy atom. The van der Waals surface area contributed by atoms with Gasteiger partial charge in [0.25, 0.3) is 10.8 Å². The zero-order chi connectivity index (χ0) is 21.4. The Labute approximate surface area is 182 Å². The summed E-state index contributed by atoms with van der Waals surface area (Å²) in [4.78, 5) is 29.4. The first kappa shape index (κ1) is 19.7. The lowest BCUT2D eigenvalue weighted by molar-refractivity contribution is 0.487. The van der Waals surface area contributed by atoms with Crippen molar-refractivity contribution in [2.75, 3.05) is 31.1 Å². The average Bonchev–Trinajstić information content (AvgIpc) is 3.37. The van der Waals surface area contributed by atoms with E-state index < -0.39 is 0 Å². The van der Waals surface area contributed by atoms with Crippen LogP contribution in [0.2, 0.25) is 0 Å². The van der Waals surface area contributed by atoms with Gasteiger partial charge in [-0.1, -0.05) is 18.1 Å². The number of imidazole rings is 1. The van der Waals surface area contributed by atoms with Gasteiger partial charge in [-0.15, -0.1) is 5.92 Å². The highest BCUT2D eigenvalue weighted by Gasteiger charge is 2.23. The smallest absolute Gasteiger partial charge is 0.280 e. The molecule has 0 amide bonds. The molecule has 0 unspecified atom stereocenters. The van der Waals surface area contributed by atoms with Gasteiger partial charge >= 0.3 is 0 Å². The normalized spacial score (nSPS) is 14.2. The summed E-state index contributed by atoms with van der Waals surface area (Å²) < 4.78 is 9.18. The number of para-hydroxylation sites is 2. The molecular weight excluding hydrogens is 414 g/mol. The van der Waals surface area contributed by atoms with Gasteiger partial charge in [0.15, 0.2) is 21.9 Å². The number of benzene rings is 1. The summed E-state index contributed by atoms with van der Waals surface area (Å²) in [6, 6.07) is 7.54. The quantitative estimate of drug-likeness (QED) is 0.384. The Hall–Kier alpha value is -3.29. The maximum Gasteiger partial charge on any atom is 0.280 e. The Balaban J connectivity index is 1.61. The van der Waals surface area contributed by atoms with Crippen LogP contribution in [-0.4, -0.2) is 50.3 Å². The molecule has 4 heterocycles. The number of hydrogen-bond acceptors (Lipinski definition) is 8. The van der Waals surface area contributed by atoms with Crippen LogP contribution >= 0.6 is 11.8 Å². The van der Waals surface area contributed by atoms with Gasteiger partial charge in [0.2, 0.25) is 5.95 Å². The van der Waals surface area contributed by atoms with Crippen molar-refractivity contribution in [2.24, 2.45) is 7.05 Å². The number of nitrogens with zero attached hydrogens (tertiary/aromatic N) is 6. The van der Waals surface area contributed by atoms with Crippen molar-refractivity contribution < 1.29 is 4.42 Å². The first-order valence-corrected chi connectivity index (χ1v) is 10.8. The van der Waals surface area contributed by atoms with Gasteiger partial charge in [0.05, 0.1) is 6.54 Å². The molecule has 1 aromatic carbocycles. The van der Waals surface area contributed by atoms with Crippen LogP contribution in [0, 0.1) is 11.8 Å². The third-order valence-electron chi connectivity index (χ3n) is 5.19. The number of anilines is 1. The molecule has 1 N–H and O–H groups in total. The summed E-state index contributed by atoms with van der Waals surface area (Å²) in [5, 5.41) is 4.25. The van der Waals surface area contributed by atoms with Crippen LogP contribution in [0.25, 0.3) is 22.3 Å². The highest BCUT2D eigenvalue weighted by atomic mass is 32.2. The van der Waals surface area contributed by atoms with E-state index in [4.69, 9.17) is 9.40 Å². The Morgan fingerprint density at radius 1 is 1.19 bits per heavy atom. The van der Waals surface area contributed by atoms with Gasteiger partial charge in [-0.3, -0.25) is 13.9 Å². The minimum Gasteiger partial charge on any atom is -0.431 e. The molecule has 1 saturated heterocycles. The molecule has 1 aliphatic rings. The number of piperazine rings is 1. The predicted molar refractivity (Wildman–Crippen MR) is 119 cm³/mol. The van der Waals surface area contributed by atoms with Crippen molar-refractivity contribution in [1.29, 1.82) is 0 Å². The lowest BCUT2D eigenvalue weighted by atomic mass is 10.3. The second-order valence-corrected chi connectivity index (χ2v) is 8.06. The topological polar surface area (TPSA) is 94.0 Å². The van der Waals surface area contributed by atoms with E-state index in [1.165, 1.54) is 16.3 Å². The molecular formula is C21H21N7O2S. The lowest BCUT2D eigenvalue weighted by Gasteiger charge is -2.28. The lowest BCUT2D eigenvalue weighted by Crippen LogP contribution is -2.44. The van der Waals surface area contributed by atoms with Gasteiger partial charge in [0.1, 0.15) is 5.52 Å². The minimum atomic E-state index is -0.171. The van der Waals surface area contributed by atoms with Crippen LogP contribution in [-0.2, 0) is 13.6 Å².